The van der Waals surface area contributed by atoms with Crippen molar-refractivity contribution >= 4 is 13.8 Å². The molecule has 0 spiro atoms. The third-order valence-electron chi connectivity index (χ3n) is 9.88. The third kappa shape index (κ3) is 48.5. The first-order valence-electron chi connectivity index (χ1n) is 24.5. The lowest BCUT2D eigenvalue weighted by Gasteiger charge is -2.24. The van der Waals surface area contributed by atoms with Gasteiger partial charge in [-0.15, -0.1) is 0 Å². The van der Waals surface area contributed by atoms with Crippen LogP contribution in [0, 0.1) is 0 Å². The van der Waals surface area contributed by atoms with Crippen LogP contribution in [-0.2, 0) is 27.9 Å². The average molecular weight is 887 g/mol. The number of unbranched alkanes of at least 4 members (excludes halogenated alkanes) is 14. The average Bonchev–Trinajstić information content (AvgIpc) is 3.23. The van der Waals surface area contributed by atoms with E-state index in [1.54, 1.807) is 0 Å². The molecule has 0 saturated carbocycles. The maximum Gasteiger partial charge on any atom is 0.472 e. The first-order valence-corrected chi connectivity index (χ1v) is 26.0. The molecule has 1 N–H and O–H groups in total. The van der Waals surface area contributed by atoms with Gasteiger partial charge in [0.1, 0.15) is 19.3 Å². The van der Waals surface area contributed by atoms with Crippen molar-refractivity contribution in [3.8, 4) is 0 Å². The van der Waals surface area contributed by atoms with E-state index in [0.717, 1.165) is 109 Å². The van der Waals surface area contributed by atoms with Gasteiger partial charge in [-0.05, 0) is 96.3 Å². The molecule has 0 aliphatic heterocycles. The number of carbonyl (C=O) groups is 1. The molecule has 8 nitrogen and oxygen atoms in total. The number of carbonyl (C=O) groups excluding carboxylic acids is 1. The van der Waals surface area contributed by atoms with Crippen molar-refractivity contribution in [2.24, 2.45) is 0 Å². The van der Waals surface area contributed by atoms with Crippen LogP contribution in [0.5, 0.6) is 0 Å². The summed E-state index contributed by atoms with van der Waals surface area (Å²) in [6, 6.07) is 0. The molecule has 0 aromatic heterocycles. The Morgan fingerprint density at radius 2 is 0.935 bits per heavy atom. The number of phosphoric ester groups is 1. The predicted octanol–water partition coefficient (Wildman–Crippen LogP) is 15.0. The monoisotopic (exact) mass is 887 g/mol. The smallest absolute Gasteiger partial charge is 0.457 e. The van der Waals surface area contributed by atoms with Gasteiger partial charge in [0.2, 0.25) is 0 Å². The summed E-state index contributed by atoms with van der Waals surface area (Å²) in [5.74, 6) is -0.336. The minimum absolute atomic E-state index is 0.0763. The van der Waals surface area contributed by atoms with Gasteiger partial charge in [-0.1, -0.05) is 169 Å². The molecule has 0 aliphatic rings. The summed E-state index contributed by atoms with van der Waals surface area (Å²) < 4.78 is 35.0. The molecular formula is C53H93NO7P+. The molecule has 2 atom stereocenters. The molecule has 0 aliphatic carbocycles. The Balaban J connectivity index is 4.25. The van der Waals surface area contributed by atoms with Crippen molar-refractivity contribution in [1.82, 2.24) is 0 Å². The lowest BCUT2D eigenvalue weighted by molar-refractivity contribution is -0.870. The van der Waals surface area contributed by atoms with Crippen LogP contribution < -0.4 is 0 Å². The van der Waals surface area contributed by atoms with Gasteiger partial charge in [-0.2, -0.15) is 0 Å². The summed E-state index contributed by atoms with van der Waals surface area (Å²) in [6.07, 6.45) is 61.7. The topological polar surface area (TPSA) is 91.3 Å². The second kappa shape index (κ2) is 45.0. The zero-order chi connectivity index (χ0) is 45.5. The van der Waals surface area contributed by atoms with Crippen LogP contribution in [0.2, 0.25) is 0 Å². The molecule has 0 aromatic carbocycles. The van der Waals surface area contributed by atoms with Gasteiger partial charge in [0.15, 0.2) is 0 Å². The van der Waals surface area contributed by atoms with Gasteiger partial charge in [-0.3, -0.25) is 13.8 Å². The molecule has 0 radical (unpaired) electrons. The first kappa shape index (κ1) is 59.4. The molecule has 0 fully saturated rings. The van der Waals surface area contributed by atoms with Gasteiger partial charge in [0.25, 0.3) is 0 Å². The highest BCUT2D eigenvalue weighted by Gasteiger charge is 2.26. The van der Waals surface area contributed by atoms with Gasteiger partial charge < -0.3 is 18.9 Å². The van der Waals surface area contributed by atoms with E-state index in [1.807, 2.05) is 21.1 Å². The molecule has 0 saturated heterocycles. The second-order valence-electron chi connectivity index (χ2n) is 17.1. The van der Waals surface area contributed by atoms with Gasteiger partial charge in [0.05, 0.1) is 34.4 Å². The van der Waals surface area contributed by atoms with Crippen LogP contribution in [0.25, 0.3) is 0 Å². The molecule has 2 unspecified atom stereocenters. The number of quaternary nitrogens is 1. The van der Waals surface area contributed by atoms with Crippen LogP contribution in [0.4, 0.5) is 0 Å². The first-order chi connectivity index (χ1) is 30.1. The maximum atomic E-state index is 12.7. The summed E-state index contributed by atoms with van der Waals surface area (Å²) in [4.78, 5) is 22.9. The second-order valence-corrected chi connectivity index (χ2v) is 18.6. The number of allylic oxidation sites excluding steroid dienone is 16. The van der Waals surface area contributed by atoms with Gasteiger partial charge in [-0.25, -0.2) is 4.57 Å². The van der Waals surface area contributed by atoms with Crippen molar-refractivity contribution in [2.75, 3.05) is 54.1 Å². The number of nitrogens with zero attached hydrogens (tertiary/aromatic N) is 1. The molecule has 62 heavy (non-hydrogen) atoms. The Hall–Kier alpha value is -2.58. The van der Waals surface area contributed by atoms with Crippen molar-refractivity contribution < 1.29 is 37.3 Å². The number of likely N-dealkylation sites (N-methyl/N-ethyl adjacent to an activating group) is 1. The van der Waals surface area contributed by atoms with E-state index in [1.165, 1.54) is 44.9 Å². The van der Waals surface area contributed by atoms with E-state index >= 15 is 0 Å². The Morgan fingerprint density at radius 3 is 1.42 bits per heavy atom. The normalized spacial score (nSPS) is 14.5. The molecule has 0 amide bonds. The molecule has 9 heteroatoms. The molecular weight excluding hydrogens is 794 g/mol. The highest BCUT2D eigenvalue weighted by Crippen LogP contribution is 2.43. The minimum atomic E-state index is -4.29. The van der Waals surface area contributed by atoms with Crippen LogP contribution in [0.3, 0.4) is 0 Å². The summed E-state index contributed by atoms with van der Waals surface area (Å²) >= 11 is 0. The standard InChI is InChI=1S/C53H92NO7P/c1-6-8-10-12-14-16-18-20-22-23-24-25-26-27-28-29-30-31-32-33-35-37-39-41-43-45-48-58-50-52(51-60-62(56,57)59-49-47-54(3,4)5)61-53(55)46-44-42-40-38-36-34-21-19-17-15-13-11-9-7-2/h8,10,14,16,19-22,24-25,27-28,30-31,33,35,52H,6-7,9,11-13,15,17-18,23,26,29,32,34,36-51H2,1-5H3/p+1/b10-8-,16-14-,21-19-,22-20-,25-24-,28-27-,31-30-,35-33-. The maximum absolute atomic E-state index is 12.7. The van der Waals surface area contributed by atoms with Crippen LogP contribution in [0.15, 0.2) is 97.2 Å². The minimum Gasteiger partial charge on any atom is -0.457 e. The lowest BCUT2D eigenvalue weighted by atomic mass is 10.1. The SMILES string of the molecule is CC/C=C\C/C=C\C/C=C\C/C=C\C/C=C\C/C=C\C/C=C\CCCCCCOCC(COP(=O)(O)OCC[N+](C)(C)C)OC(=O)CCCCCCC/C=C\CCCCCCC. The summed E-state index contributed by atoms with van der Waals surface area (Å²) in [6.45, 7) is 5.40. The quantitative estimate of drug-likeness (QED) is 0.0214. The lowest BCUT2D eigenvalue weighted by Crippen LogP contribution is -2.37. The zero-order valence-corrected chi connectivity index (χ0v) is 41.2. The van der Waals surface area contributed by atoms with Gasteiger partial charge >= 0.3 is 13.8 Å². The summed E-state index contributed by atoms with van der Waals surface area (Å²) in [7, 11) is 1.63. The molecule has 0 rings (SSSR count). The van der Waals surface area contributed by atoms with E-state index in [-0.39, 0.29) is 25.8 Å². The fraction of sp³-hybridized carbons (Fsp3) is 0.679. The highest BCUT2D eigenvalue weighted by atomic mass is 31.2. The molecule has 0 bridgehead atoms. The molecule has 0 aromatic rings. The number of esters is 1. The number of phosphoric acid groups is 1. The Labute approximate surface area is 381 Å². The third-order valence-corrected chi connectivity index (χ3v) is 10.9. The van der Waals surface area contributed by atoms with Crippen molar-refractivity contribution in [3.05, 3.63) is 97.2 Å². The number of hydrogen-bond acceptors (Lipinski definition) is 6. The van der Waals surface area contributed by atoms with Crippen LogP contribution >= 0.6 is 7.82 Å². The molecule has 356 valence electrons. The number of ether oxygens (including phenoxy) is 2. The predicted molar refractivity (Wildman–Crippen MR) is 265 cm³/mol. The van der Waals surface area contributed by atoms with Gasteiger partial charge in [0, 0.05) is 13.0 Å². The fourth-order valence-corrected chi connectivity index (χ4v) is 6.86. The summed E-state index contributed by atoms with van der Waals surface area (Å²) in [5, 5.41) is 0. The van der Waals surface area contributed by atoms with E-state index in [4.69, 9.17) is 18.5 Å². The van der Waals surface area contributed by atoms with E-state index in [9.17, 15) is 14.3 Å². The number of hydrogen-bond donors (Lipinski definition) is 1. The molecule has 0 heterocycles. The van der Waals surface area contributed by atoms with Crippen molar-refractivity contribution in [2.45, 2.75) is 180 Å². The van der Waals surface area contributed by atoms with E-state index < -0.39 is 13.9 Å². The zero-order valence-electron chi connectivity index (χ0n) is 40.3. The Morgan fingerprint density at radius 1 is 0.516 bits per heavy atom. The highest BCUT2D eigenvalue weighted by molar-refractivity contribution is 7.47. The largest absolute Gasteiger partial charge is 0.472 e. The Kier molecular flexibility index (Phi) is 43.1. The summed E-state index contributed by atoms with van der Waals surface area (Å²) in [5.41, 5.74) is 0. The van der Waals surface area contributed by atoms with E-state index in [2.05, 4.69) is 111 Å². The fourth-order valence-electron chi connectivity index (χ4n) is 6.11. The Bertz CT molecular complexity index is 1310. The number of rotatable bonds is 44. The van der Waals surface area contributed by atoms with Crippen LogP contribution in [-0.4, -0.2) is 75.6 Å². The van der Waals surface area contributed by atoms with Crippen molar-refractivity contribution in [1.29, 1.82) is 0 Å². The van der Waals surface area contributed by atoms with Crippen molar-refractivity contribution in [3.63, 3.8) is 0 Å². The van der Waals surface area contributed by atoms with Crippen LogP contribution in [0.1, 0.15) is 174 Å². The van der Waals surface area contributed by atoms with E-state index in [0.29, 0.717) is 24.1 Å².